The predicted octanol–water partition coefficient (Wildman–Crippen LogP) is 3.86. The smallest absolute Gasteiger partial charge is 0.289 e. The second-order valence-corrected chi connectivity index (χ2v) is 5.94. The molecule has 1 saturated heterocycles. The molecule has 0 aliphatic carbocycles. The van der Waals surface area contributed by atoms with Gasteiger partial charge in [0.25, 0.3) is 5.91 Å². The van der Waals surface area contributed by atoms with Crippen molar-refractivity contribution in [3.63, 3.8) is 0 Å². The van der Waals surface area contributed by atoms with E-state index in [1.165, 1.54) is 6.26 Å². The zero-order chi connectivity index (χ0) is 15.4. The van der Waals surface area contributed by atoms with Gasteiger partial charge in [-0.15, -0.1) is 0 Å². The molecule has 1 amide bonds. The van der Waals surface area contributed by atoms with E-state index in [-0.39, 0.29) is 5.91 Å². The van der Waals surface area contributed by atoms with Crippen LogP contribution in [0.5, 0.6) is 5.75 Å². The summed E-state index contributed by atoms with van der Waals surface area (Å²) in [5.74, 6) is 1.50. The number of hydrogen-bond donors (Lipinski definition) is 0. The zero-order valence-corrected chi connectivity index (χ0v) is 13.0. The Kier molecular flexibility index (Phi) is 4.68. The molecule has 0 bridgehead atoms. The summed E-state index contributed by atoms with van der Waals surface area (Å²) in [5.41, 5.74) is 0. The SMILES string of the molecule is O=C(c1ccco1)N1CCCC(COc2ccc(Cl)cc2)C1. The van der Waals surface area contributed by atoms with Gasteiger partial charge in [-0.2, -0.15) is 0 Å². The Morgan fingerprint density at radius 3 is 2.86 bits per heavy atom. The summed E-state index contributed by atoms with van der Waals surface area (Å²) < 4.78 is 11.0. The van der Waals surface area contributed by atoms with Crippen molar-refractivity contribution in [1.82, 2.24) is 4.90 Å². The van der Waals surface area contributed by atoms with Crippen molar-refractivity contribution in [3.8, 4) is 5.75 Å². The maximum atomic E-state index is 12.3. The number of nitrogens with zero attached hydrogens (tertiary/aromatic N) is 1. The van der Waals surface area contributed by atoms with E-state index in [4.69, 9.17) is 20.8 Å². The Hall–Kier alpha value is -1.94. The molecule has 0 saturated carbocycles. The maximum absolute atomic E-state index is 12.3. The van der Waals surface area contributed by atoms with Crippen LogP contribution >= 0.6 is 11.6 Å². The topological polar surface area (TPSA) is 42.7 Å². The third-order valence-corrected chi connectivity index (χ3v) is 4.09. The van der Waals surface area contributed by atoms with E-state index in [1.54, 1.807) is 12.1 Å². The lowest BCUT2D eigenvalue weighted by atomic mass is 9.99. The summed E-state index contributed by atoms with van der Waals surface area (Å²) in [7, 11) is 0. The number of hydrogen-bond acceptors (Lipinski definition) is 3. The number of amides is 1. The van der Waals surface area contributed by atoms with E-state index in [0.29, 0.717) is 29.9 Å². The van der Waals surface area contributed by atoms with Crippen molar-refractivity contribution in [1.29, 1.82) is 0 Å². The molecule has 1 aliphatic heterocycles. The van der Waals surface area contributed by atoms with Crippen LogP contribution in [0.25, 0.3) is 0 Å². The molecular weight excluding hydrogens is 302 g/mol. The minimum atomic E-state index is -0.0406. The molecule has 1 fully saturated rings. The van der Waals surface area contributed by atoms with Crippen molar-refractivity contribution in [2.75, 3.05) is 19.7 Å². The molecule has 1 atom stereocenters. The molecule has 22 heavy (non-hydrogen) atoms. The molecule has 0 N–H and O–H groups in total. The van der Waals surface area contributed by atoms with Gasteiger partial charge >= 0.3 is 0 Å². The first-order valence-corrected chi connectivity index (χ1v) is 7.81. The van der Waals surface area contributed by atoms with Gasteiger partial charge < -0.3 is 14.1 Å². The van der Waals surface area contributed by atoms with Gasteiger partial charge in [0.05, 0.1) is 12.9 Å². The molecule has 2 aromatic rings. The van der Waals surface area contributed by atoms with Crippen LogP contribution in [0.4, 0.5) is 0 Å². The number of benzene rings is 1. The zero-order valence-electron chi connectivity index (χ0n) is 12.2. The molecule has 0 spiro atoms. The third-order valence-electron chi connectivity index (χ3n) is 3.84. The number of carbonyl (C=O) groups excluding carboxylic acids is 1. The molecule has 1 aliphatic rings. The molecule has 3 rings (SSSR count). The summed E-state index contributed by atoms with van der Waals surface area (Å²) in [5, 5.41) is 0.695. The van der Waals surface area contributed by atoms with Crippen LogP contribution < -0.4 is 4.74 Å². The van der Waals surface area contributed by atoms with Crippen LogP contribution in [0.3, 0.4) is 0 Å². The number of rotatable bonds is 4. The molecule has 1 aromatic heterocycles. The molecule has 116 valence electrons. The minimum Gasteiger partial charge on any atom is -0.493 e. The monoisotopic (exact) mass is 319 g/mol. The Morgan fingerprint density at radius 1 is 1.32 bits per heavy atom. The van der Waals surface area contributed by atoms with E-state index >= 15 is 0 Å². The Balaban J connectivity index is 1.54. The van der Waals surface area contributed by atoms with Crippen molar-refractivity contribution in [2.45, 2.75) is 12.8 Å². The van der Waals surface area contributed by atoms with Crippen LogP contribution in [0.2, 0.25) is 5.02 Å². The maximum Gasteiger partial charge on any atom is 0.289 e. The quantitative estimate of drug-likeness (QED) is 0.859. The molecule has 2 heterocycles. The fourth-order valence-electron chi connectivity index (χ4n) is 2.69. The summed E-state index contributed by atoms with van der Waals surface area (Å²) in [4.78, 5) is 14.1. The van der Waals surface area contributed by atoms with E-state index < -0.39 is 0 Å². The number of piperidine rings is 1. The van der Waals surface area contributed by atoms with Gasteiger partial charge in [0.1, 0.15) is 5.75 Å². The van der Waals surface area contributed by atoms with Gasteiger partial charge in [0.2, 0.25) is 0 Å². The summed E-state index contributed by atoms with van der Waals surface area (Å²) in [6.07, 6.45) is 3.58. The average Bonchev–Trinajstić information content (AvgIpc) is 3.08. The van der Waals surface area contributed by atoms with Crippen molar-refractivity contribution in [3.05, 3.63) is 53.4 Å². The van der Waals surface area contributed by atoms with E-state index in [2.05, 4.69) is 0 Å². The molecule has 1 unspecified atom stereocenters. The first kappa shape index (κ1) is 15.0. The van der Waals surface area contributed by atoms with Gasteiger partial charge in [-0.25, -0.2) is 0 Å². The lowest BCUT2D eigenvalue weighted by molar-refractivity contribution is 0.0602. The van der Waals surface area contributed by atoms with Crippen LogP contribution in [0, 0.1) is 5.92 Å². The third kappa shape index (κ3) is 3.63. The lowest BCUT2D eigenvalue weighted by Gasteiger charge is -2.32. The number of carbonyl (C=O) groups is 1. The largest absolute Gasteiger partial charge is 0.493 e. The van der Waals surface area contributed by atoms with Crippen LogP contribution in [-0.4, -0.2) is 30.5 Å². The summed E-state index contributed by atoms with van der Waals surface area (Å²) in [6.45, 7) is 2.08. The molecule has 4 nitrogen and oxygen atoms in total. The van der Waals surface area contributed by atoms with Crippen LogP contribution in [0.1, 0.15) is 23.4 Å². The standard InChI is InChI=1S/C17H18ClNO3/c18-14-5-7-15(8-6-14)22-12-13-3-1-9-19(11-13)17(20)16-4-2-10-21-16/h2,4-8,10,13H,1,3,9,11-12H2. The first-order chi connectivity index (χ1) is 10.7. The van der Waals surface area contributed by atoms with Crippen molar-refractivity contribution >= 4 is 17.5 Å². The molecular formula is C17H18ClNO3. The summed E-state index contributed by atoms with van der Waals surface area (Å²) >= 11 is 5.85. The molecule has 5 heteroatoms. The fourth-order valence-corrected chi connectivity index (χ4v) is 2.81. The Labute approximate surface area is 134 Å². The Morgan fingerprint density at radius 2 is 2.14 bits per heavy atom. The summed E-state index contributed by atoms with van der Waals surface area (Å²) in [6, 6.07) is 10.8. The first-order valence-electron chi connectivity index (χ1n) is 7.43. The van der Waals surface area contributed by atoms with Crippen LogP contribution in [0.15, 0.2) is 47.1 Å². The van der Waals surface area contributed by atoms with E-state index in [0.717, 1.165) is 25.1 Å². The second-order valence-electron chi connectivity index (χ2n) is 5.50. The minimum absolute atomic E-state index is 0.0406. The number of ether oxygens (including phenoxy) is 1. The highest BCUT2D eigenvalue weighted by Gasteiger charge is 2.26. The normalized spacial score (nSPS) is 18.2. The lowest BCUT2D eigenvalue weighted by Crippen LogP contribution is -2.41. The number of halogens is 1. The molecule has 1 aromatic carbocycles. The number of likely N-dealkylation sites (tertiary alicyclic amines) is 1. The highest BCUT2D eigenvalue weighted by atomic mass is 35.5. The second kappa shape index (κ2) is 6.88. The van der Waals surface area contributed by atoms with E-state index in [1.807, 2.05) is 29.2 Å². The Bertz CT molecular complexity index is 609. The van der Waals surface area contributed by atoms with Crippen molar-refractivity contribution in [2.24, 2.45) is 5.92 Å². The predicted molar refractivity (Wildman–Crippen MR) is 84.3 cm³/mol. The van der Waals surface area contributed by atoms with Crippen LogP contribution in [-0.2, 0) is 0 Å². The van der Waals surface area contributed by atoms with Gasteiger partial charge in [0.15, 0.2) is 5.76 Å². The highest BCUT2D eigenvalue weighted by molar-refractivity contribution is 6.30. The van der Waals surface area contributed by atoms with Crippen molar-refractivity contribution < 1.29 is 13.9 Å². The van der Waals surface area contributed by atoms with Gasteiger partial charge in [0, 0.05) is 24.0 Å². The highest BCUT2D eigenvalue weighted by Crippen LogP contribution is 2.21. The van der Waals surface area contributed by atoms with Gasteiger partial charge in [-0.3, -0.25) is 4.79 Å². The number of furan rings is 1. The van der Waals surface area contributed by atoms with Gasteiger partial charge in [-0.1, -0.05) is 11.6 Å². The van der Waals surface area contributed by atoms with Gasteiger partial charge in [-0.05, 0) is 49.2 Å². The average molecular weight is 320 g/mol. The van der Waals surface area contributed by atoms with E-state index in [9.17, 15) is 4.79 Å². The molecule has 0 radical (unpaired) electrons. The fraction of sp³-hybridized carbons (Fsp3) is 0.353.